The van der Waals surface area contributed by atoms with Crippen LogP contribution in [0.1, 0.15) is 11.1 Å². The van der Waals surface area contributed by atoms with Gasteiger partial charge in [0.1, 0.15) is 5.82 Å². The molecule has 4 heteroatoms. The van der Waals surface area contributed by atoms with Crippen molar-refractivity contribution in [1.29, 1.82) is 5.26 Å². The number of halogens is 2. The molecule has 90 valence electrons. The van der Waals surface area contributed by atoms with Crippen LogP contribution in [-0.4, -0.2) is 0 Å². The van der Waals surface area contributed by atoms with E-state index in [-0.39, 0.29) is 5.82 Å². The van der Waals surface area contributed by atoms with Crippen molar-refractivity contribution in [3.8, 4) is 6.07 Å². The SMILES string of the molecule is N#Cc1cccc(NCc2cccc(F)c2Br)c1. The molecule has 0 fully saturated rings. The van der Waals surface area contributed by atoms with Crippen LogP contribution in [0.4, 0.5) is 10.1 Å². The molecule has 2 aromatic carbocycles. The Morgan fingerprint density at radius 1 is 1.22 bits per heavy atom. The third-order valence-electron chi connectivity index (χ3n) is 2.51. The zero-order valence-electron chi connectivity index (χ0n) is 9.45. The van der Waals surface area contributed by atoms with Gasteiger partial charge in [-0.3, -0.25) is 0 Å². The highest BCUT2D eigenvalue weighted by Gasteiger charge is 2.04. The number of hydrogen-bond acceptors (Lipinski definition) is 2. The smallest absolute Gasteiger partial charge is 0.137 e. The lowest BCUT2D eigenvalue weighted by atomic mass is 10.2. The second kappa shape index (κ2) is 5.65. The van der Waals surface area contributed by atoms with Crippen molar-refractivity contribution >= 4 is 21.6 Å². The van der Waals surface area contributed by atoms with E-state index < -0.39 is 0 Å². The summed E-state index contributed by atoms with van der Waals surface area (Å²) in [6.45, 7) is 0.493. The van der Waals surface area contributed by atoms with E-state index in [1.165, 1.54) is 6.07 Å². The number of nitrogens with one attached hydrogen (secondary N) is 1. The van der Waals surface area contributed by atoms with Gasteiger partial charge in [0.15, 0.2) is 0 Å². The molecule has 18 heavy (non-hydrogen) atoms. The van der Waals surface area contributed by atoms with E-state index >= 15 is 0 Å². The van der Waals surface area contributed by atoms with Gasteiger partial charge in [0.25, 0.3) is 0 Å². The Hall–Kier alpha value is -1.86. The summed E-state index contributed by atoms with van der Waals surface area (Å²) in [5.74, 6) is -0.278. The molecular weight excluding hydrogens is 295 g/mol. The Morgan fingerprint density at radius 2 is 2.00 bits per heavy atom. The molecule has 0 heterocycles. The molecule has 0 saturated heterocycles. The Kier molecular flexibility index (Phi) is 3.96. The van der Waals surface area contributed by atoms with Crippen molar-refractivity contribution in [1.82, 2.24) is 0 Å². The van der Waals surface area contributed by atoms with Crippen LogP contribution in [0, 0.1) is 17.1 Å². The zero-order valence-corrected chi connectivity index (χ0v) is 11.0. The van der Waals surface area contributed by atoms with Gasteiger partial charge in [0.2, 0.25) is 0 Å². The minimum Gasteiger partial charge on any atom is -0.381 e. The van der Waals surface area contributed by atoms with E-state index in [0.29, 0.717) is 16.6 Å². The molecule has 0 radical (unpaired) electrons. The average Bonchev–Trinajstić information content (AvgIpc) is 2.41. The van der Waals surface area contributed by atoms with Crippen LogP contribution in [0.15, 0.2) is 46.9 Å². The topological polar surface area (TPSA) is 35.8 Å². The second-order valence-electron chi connectivity index (χ2n) is 3.76. The van der Waals surface area contributed by atoms with Gasteiger partial charge < -0.3 is 5.32 Å². The molecule has 0 aliphatic heterocycles. The van der Waals surface area contributed by atoms with E-state index in [2.05, 4.69) is 27.3 Å². The molecule has 0 amide bonds. The quantitative estimate of drug-likeness (QED) is 0.927. The first-order chi connectivity index (χ1) is 8.70. The van der Waals surface area contributed by atoms with Crippen molar-refractivity contribution in [2.45, 2.75) is 6.54 Å². The van der Waals surface area contributed by atoms with Crippen molar-refractivity contribution in [3.63, 3.8) is 0 Å². The number of nitriles is 1. The first kappa shape index (κ1) is 12.6. The van der Waals surface area contributed by atoms with Crippen LogP contribution in [0.3, 0.4) is 0 Å². The molecule has 0 aromatic heterocycles. The first-order valence-corrected chi connectivity index (χ1v) is 6.17. The summed E-state index contributed by atoms with van der Waals surface area (Å²) >= 11 is 3.21. The number of benzene rings is 2. The van der Waals surface area contributed by atoms with E-state index in [1.54, 1.807) is 18.2 Å². The average molecular weight is 305 g/mol. The van der Waals surface area contributed by atoms with E-state index in [4.69, 9.17) is 5.26 Å². The Bertz CT molecular complexity index is 605. The molecule has 0 aliphatic rings. The molecule has 0 bridgehead atoms. The van der Waals surface area contributed by atoms with Crippen LogP contribution in [0.5, 0.6) is 0 Å². The van der Waals surface area contributed by atoms with Crippen LogP contribution in [0.25, 0.3) is 0 Å². The minimum atomic E-state index is -0.278. The predicted octanol–water partition coefficient (Wildman–Crippen LogP) is 4.07. The van der Waals surface area contributed by atoms with E-state index in [0.717, 1.165) is 11.3 Å². The summed E-state index contributed by atoms with van der Waals surface area (Å²) in [5, 5.41) is 11.9. The van der Waals surface area contributed by atoms with Crippen LogP contribution < -0.4 is 5.32 Å². The van der Waals surface area contributed by atoms with Crippen molar-refractivity contribution in [2.24, 2.45) is 0 Å². The molecular formula is C14H10BrFN2. The number of anilines is 1. The van der Waals surface area contributed by atoms with Crippen LogP contribution in [-0.2, 0) is 6.54 Å². The number of nitrogens with zero attached hydrogens (tertiary/aromatic N) is 1. The molecule has 0 unspecified atom stereocenters. The monoisotopic (exact) mass is 304 g/mol. The minimum absolute atomic E-state index is 0.278. The summed E-state index contributed by atoms with van der Waals surface area (Å²) in [6, 6.07) is 14.2. The molecule has 0 aliphatic carbocycles. The summed E-state index contributed by atoms with van der Waals surface area (Å²) in [5.41, 5.74) is 2.26. The maximum atomic E-state index is 13.3. The van der Waals surface area contributed by atoms with Gasteiger partial charge in [0, 0.05) is 12.2 Å². The van der Waals surface area contributed by atoms with E-state index in [9.17, 15) is 4.39 Å². The highest BCUT2D eigenvalue weighted by molar-refractivity contribution is 9.10. The van der Waals surface area contributed by atoms with Gasteiger partial charge in [-0.2, -0.15) is 5.26 Å². The fourth-order valence-electron chi connectivity index (χ4n) is 1.58. The zero-order chi connectivity index (χ0) is 13.0. The van der Waals surface area contributed by atoms with Gasteiger partial charge in [-0.25, -0.2) is 4.39 Å². The molecule has 2 aromatic rings. The normalized spacial score (nSPS) is 9.83. The third-order valence-corrected chi connectivity index (χ3v) is 3.39. The molecule has 2 rings (SSSR count). The second-order valence-corrected chi connectivity index (χ2v) is 4.55. The third kappa shape index (κ3) is 2.88. The maximum absolute atomic E-state index is 13.3. The standard InChI is InChI=1S/C14H10BrFN2/c15-14-11(4-2-6-13(14)16)9-18-12-5-1-3-10(7-12)8-17/h1-7,18H,9H2. The Balaban J connectivity index is 2.12. The fraction of sp³-hybridized carbons (Fsp3) is 0.0714. The van der Waals surface area contributed by atoms with Crippen molar-refractivity contribution < 1.29 is 4.39 Å². The molecule has 2 nitrogen and oxygen atoms in total. The Labute approximate surface area is 113 Å². The van der Waals surface area contributed by atoms with Gasteiger partial charge in [0.05, 0.1) is 16.1 Å². The summed E-state index contributed by atoms with van der Waals surface area (Å²) in [7, 11) is 0. The maximum Gasteiger partial charge on any atom is 0.137 e. The summed E-state index contributed by atoms with van der Waals surface area (Å²) in [6.07, 6.45) is 0. The van der Waals surface area contributed by atoms with Crippen LogP contribution in [0.2, 0.25) is 0 Å². The lowest BCUT2D eigenvalue weighted by Gasteiger charge is -2.08. The number of hydrogen-bond donors (Lipinski definition) is 1. The van der Waals surface area contributed by atoms with Gasteiger partial charge in [-0.1, -0.05) is 18.2 Å². The molecule has 0 spiro atoms. The highest BCUT2D eigenvalue weighted by Crippen LogP contribution is 2.21. The van der Waals surface area contributed by atoms with E-state index in [1.807, 2.05) is 18.2 Å². The largest absolute Gasteiger partial charge is 0.381 e. The summed E-state index contributed by atoms with van der Waals surface area (Å²) in [4.78, 5) is 0. The highest BCUT2D eigenvalue weighted by atomic mass is 79.9. The van der Waals surface area contributed by atoms with Gasteiger partial charge in [-0.05, 0) is 45.8 Å². The fourth-order valence-corrected chi connectivity index (χ4v) is 1.99. The van der Waals surface area contributed by atoms with Crippen molar-refractivity contribution in [3.05, 3.63) is 63.9 Å². The Morgan fingerprint density at radius 3 is 2.78 bits per heavy atom. The lowest BCUT2D eigenvalue weighted by Crippen LogP contribution is -2.01. The van der Waals surface area contributed by atoms with Gasteiger partial charge >= 0.3 is 0 Å². The molecule has 1 N–H and O–H groups in total. The summed E-state index contributed by atoms with van der Waals surface area (Å²) < 4.78 is 13.8. The predicted molar refractivity (Wildman–Crippen MR) is 72.6 cm³/mol. The number of rotatable bonds is 3. The molecule has 0 saturated carbocycles. The van der Waals surface area contributed by atoms with Gasteiger partial charge in [-0.15, -0.1) is 0 Å². The van der Waals surface area contributed by atoms with Crippen molar-refractivity contribution in [2.75, 3.05) is 5.32 Å². The first-order valence-electron chi connectivity index (χ1n) is 5.37. The molecule has 0 atom stereocenters. The van der Waals surface area contributed by atoms with Crippen LogP contribution >= 0.6 is 15.9 Å². The lowest BCUT2D eigenvalue weighted by molar-refractivity contribution is 0.618.